The van der Waals surface area contributed by atoms with Gasteiger partial charge in [0.2, 0.25) is 5.43 Å². The number of aromatic nitrogens is 1. The van der Waals surface area contributed by atoms with Crippen LogP contribution in [0.2, 0.25) is 0 Å². The number of ether oxygens (including phenoxy) is 2. The highest BCUT2D eigenvalue weighted by molar-refractivity contribution is 5.85. The van der Waals surface area contributed by atoms with Crippen LogP contribution in [0.1, 0.15) is 23.8 Å². The Hall–Kier alpha value is -1.82. The topological polar surface area (TPSA) is 77.8 Å². The van der Waals surface area contributed by atoms with Crippen molar-refractivity contribution in [3.05, 3.63) is 28.2 Å². The smallest absolute Gasteiger partial charge is 0.352 e. The predicted octanol–water partition coefficient (Wildman–Crippen LogP) is 0.691. The van der Waals surface area contributed by atoms with E-state index in [1.165, 1.54) is 13.3 Å². The largest absolute Gasteiger partial charge is 0.491 e. The summed E-state index contributed by atoms with van der Waals surface area (Å²) in [7, 11) is 1.38. The zero-order chi connectivity index (χ0) is 13.3. The van der Waals surface area contributed by atoms with Gasteiger partial charge >= 0.3 is 5.97 Å². The van der Waals surface area contributed by atoms with Gasteiger partial charge in [-0.1, -0.05) is 0 Å². The van der Waals surface area contributed by atoms with Crippen molar-refractivity contribution in [2.45, 2.75) is 18.9 Å². The molecule has 1 unspecified atom stereocenters. The standard InChI is InChI=1S/C12H15NO5/c1-12(3-4-18-7-12)13-6-10(17-2)9(14)5-8(13)11(15)16/h5-6H,3-4,7H2,1-2H3,(H,15,16). The number of rotatable bonds is 3. The maximum atomic E-state index is 11.6. The quantitative estimate of drug-likeness (QED) is 0.857. The molecular weight excluding hydrogens is 238 g/mol. The van der Waals surface area contributed by atoms with Crippen molar-refractivity contribution in [2.75, 3.05) is 20.3 Å². The molecule has 1 aromatic heterocycles. The average molecular weight is 253 g/mol. The minimum Gasteiger partial charge on any atom is -0.491 e. The van der Waals surface area contributed by atoms with Crippen molar-refractivity contribution in [3.8, 4) is 5.75 Å². The number of methoxy groups -OCH3 is 1. The lowest BCUT2D eigenvalue weighted by molar-refractivity contribution is 0.0670. The summed E-state index contributed by atoms with van der Waals surface area (Å²) < 4.78 is 11.8. The van der Waals surface area contributed by atoms with Crippen molar-refractivity contribution < 1.29 is 19.4 Å². The van der Waals surface area contributed by atoms with Gasteiger partial charge in [0.1, 0.15) is 5.69 Å². The highest BCUT2D eigenvalue weighted by Gasteiger charge is 2.34. The van der Waals surface area contributed by atoms with E-state index in [0.717, 1.165) is 6.07 Å². The van der Waals surface area contributed by atoms with E-state index in [9.17, 15) is 14.7 Å². The highest BCUT2D eigenvalue weighted by atomic mass is 16.5. The molecule has 1 saturated heterocycles. The molecule has 1 aliphatic rings. The van der Waals surface area contributed by atoms with E-state index in [2.05, 4.69) is 0 Å². The van der Waals surface area contributed by atoms with Crippen LogP contribution in [-0.2, 0) is 10.3 Å². The molecule has 1 aliphatic heterocycles. The molecule has 2 heterocycles. The summed E-state index contributed by atoms with van der Waals surface area (Å²) in [6.07, 6.45) is 2.14. The SMILES string of the molecule is COc1cn(C2(C)CCOC2)c(C(=O)O)cc1=O. The van der Waals surface area contributed by atoms with Gasteiger partial charge in [0, 0.05) is 12.7 Å². The summed E-state index contributed by atoms with van der Waals surface area (Å²) in [6.45, 7) is 2.89. The lowest BCUT2D eigenvalue weighted by Gasteiger charge is -2.28. The van der Waals surface area contributed by atoms with E-state index in [0.29, 0.717) is 19.6 Å². The number of hydrogen-bond donors (Lipinski definition) is 1. The van der Waals surface area contributed by atoms with Crippen LogP contribution in [0.4, 0.5) is 0 Å². The fourth-order valence-corrected chi connectivity index (χ4v) is 2.13. The molecule has 0 bridgehead atoms. The molecule has 2 rings (SSSR count). The third kappa shape index (κ3) is 1.99. The Kier molecular flexibility index (Phi) is 3.13. The molecule has 6 nitrogen and oxygen atoms in total. The molecule has 0 radical (unpaired) electrons. The predicted molar refractivity (Wildman–Crippen MR) is 63.3 cm³/mol. The molecule has 1 N–H and O–H groups in total. The Morgan fingerprint density at radius 3 is 2.83 bits per heavy atom. The fraction of sp³-hybridized carbons (Fsp3) is 0.500. The van der Waals surface area contributed by atoms with Crippen molar-refractivity contribution in [3.63, 3.8) is 0 Å². The maximum absolute atomic E-state index is 11.6. The van der Waals surface area contributed by atoms with E-state index >= 15 is 0 Å². The molecular formula is C12H15NO5. The summed E-state index contributed by atoms with van der Waals surface area (Å²) in [5, 5.41) is 9.19. The first-order valence-electron chi connectivity index (χ1n) is 5.60. The second-order valence-corrected chi connectivity index (χ2v) is 4.57. The highest BCUT2D eigenvalue weighted by Crippen LogP contribution is 2.29. The molecule has 0 aromatic carbocycles. The first-order valence-corrected chi connectivity index (χ1v) is 5.60. The van der Waals surface area contributed by atoms with Crippen LogP contribution in [0.5, 0.6) is 5.75 Å². The Bertz CT molecular complexity index is 528. The Balaban J connectivity index is 2.63. The van der Waals surface area contributed by atoms with Crippen molar-refractivity contribution in [2.24, 2.45) is 0 Å². The van der Waals surface area contributed by atoms with Gasteiger partial charge in [-0.2, -0.15) is 0 Å². The minimum atomic E-state index is -1.14. The van der Waals surface area contributed by atoms with Crippen LogP contribution in [0, 0.1) is 0 Å². The number of pyridine rings is 1. The van der Waals surface area contributed by atoms with Crippen molar-refractivity contribution in [1.29, 1.82) is 0 Å². The van der Waals surface area contributed by atoms with Crippen LogP contribution in [0.25, 0.3) is 0 Å². The van der Waals surface area contributed by atoms with Crippen LogP contribution in [0.15, 0.2) is 17.1 Å². The lowest BCUT2D eigenvalue weighted by atomic mass is 10.00. The Morgan fingerprint density at radius 2 is 2.33 bits per heavy atom. The maximum Gasteiger partial charge on any atom is 0.352 e. The second kappa shape index (κ2) is 4.45. The van der Waals surface area contributed by atoms with E-state index in [-0.39, 0.29) is 11.4 Å². The zero-order valence-corrected chi connectivity index (χ0v) is 10.3. The molecule has 18 heavy (non-hydrogen) atoms. The van der Waals surface area contributed by atoms with Gasteiger partial charge in [-0.05, 0) is 13.3 Å². The van der Waals surface area contributed by atoms with Gasteiger partial charge in [0.25, 0.3) is 0 Å². The summed E-state index contributed by atoms with van der Waals surface area (Å²) in [6, 6.07) is 1.09. The summed E-state index contributed by atoms with van der Waals surface area (Å²) >= 11 is 0. The molecule has 0 aliphatic carbocycles. The number of carboxylic acid groups (broad SMARTS) is 1. The molecule has 1 fully saturated rings. The monoisotopic (exact) mass is 253 g/mol. The summed E-state index contributed by atoms with van der Waals surface area (Å²) in [4.78, 5) is 22.8. The number of carbonyl (C=O) groups is 1. The molecule has 98 valence electrons. The van der Waals surface area contributed by atoms with Crippen LogP contribution in [0.3, 0.4) is 0 Å². The average Bonchev–Trinajstić information content (AvgIpc) is 2.76. The Labute approximate surface area is 104 Å². The zero-order valence-electron chi connectivity index (χ0n) is 10.3. The van der Waals surface area contributed by atoms with E-state index in [4.69, 9.17) is 9.47 Å². The third-order valence-electron chi connectivity index (χ3n) is 3.24. The van der Waals surface area contributed by atoms with E-state index < -0.39 is 16.9 Å². The van der Waals surface area contributed by atoms with E-state index in [1.54, 1.807) is 4.57 Å². The van der Waals surface area contributed by atoms with Crippen LogP contribution >= 0.6 is 0 Å². The number of aromatic carboxylic acids is 1. The lowest BCUT2D eigenvalue weighted by Crippen LogP contribution is -2.35. The van der Waals surface area contributed by atoms with Crippen LogP contribution in [-0.4, -0.2) is 36.0 Å². The van der Waals surface area contributed by atoms with Gasteiger partial charge < -0.3 is 19.1 Å². The molecule has 1 atom stereocenters. The first-order chi connectivity index (χ1) is 8.48. The summed E-state index contributed by atoms with van der Waals surface area (Å²) in [5.74, 6) is -1.00. The van der Waals surface area contributed by atoms with Gasteiger partial charge in [-0.3, -0.25) is 4.79 Å². The molecule has 0 saturated carbocycles. The molecule has 1 aromatic rings. The first kappa shape index (κ1) is 12.6. The third-order valence-corrected chi connectivity index (χ3v) is 3.24. The number of nitrogens with zero attached hydrogens (tertiary/aromatic N) is 1. The number of carboxylic acids is 1. The molecule has 0 amide bonds. The fourth-order valence-electron chi connectivity index (χ4n) is 2.13. The Morgan fingerprint density at radius 1 is 1.61 bits per heavy atom. The number of hydrogen-bond acceptors (Lipinski definition) is 4. The second-order valence-electron chi connectivity index (χ2n) is 4.57. The normalized spacial score (nSPS) is 23.0. The molecule has 0 spiro atoms. The minimum absolute atomic E-state index is 0.0474. The van der Waals surface area contributed by atoms with Gasteiger partial charge in [-0.25, -0.2) is 4.79 Å². The molecule has 6 heteroatoms. The van der Waals surface area contributed by atoms with Crippen molar-refractivity contribution >= 4 is 5.97 Å². The van der Waals surface area contributed by atoms with Gasteiger partial charge in [0.05, 0.1) is 25.5 Å². The van der Waals surface area contributed by atoms with Crippen LogP contribution < -0.4 is 10.2 Å². The van der Waals surface area contributed by atoms with E-state index in [1.807, 2.05) is 6.92 Å². The van der Waals surface area contributed by atoms with Crippen molar-refractivity contribution in [1.82, 2.24) is 4.57 Å². The van der Waals surface area contributed by atoms with Gasteiger partial charge in [0.15, 0.2) is 5.75 Å². The van der Waals surface area contributed by atoms with Gasteiger partial charge in [-0.15, -0.1) is 0 Å². The summed E-state index contributed by atoms with van der Waals surface area (Å²) in [5.41, 5.74) is -0.947.